The summed E-state index contributed by atoms with van der Waals surface area (Å²) in [6.07, 6.45) is 0.915. The number of amides is 2. The van der Waals surface area contributed by atoms with E-state index in [0.29, 0.717) is 39.1 Å². The summed E-state index contributed by atoms with van der Waals surface area (Å²) in [5.41, 5.74) is 2.71. The fourth-order valence-electron chi connectivity index (χ4n) is 4.62. The molecule has 2 aliphatic rings. The Bertz CT molecular complexity index is 1080. The first-order chi connectivity index (χ1) is 18.0. The van der Waals surface area contributed by atoms with Gasteiger partial charge in [-0.3, -0.25) is 14.5 Å². The molecule has 0 saturated carbocycles. The van der Waals surface area contributed by atoms with E-state index in [-0.39, 0.29) is 24.4 Å². The molecule has 0 bridgehead atoms. The number of carbonyl (C=O) groups is 2. The highest BCUT2D eigenvalue weighted by Gasteiger charge is 2.34. The van der Waals surface area contributed by atoms with E-state index >= 15 is 0 Å². The number of hydrogen-bond donors (Lipinski definition) is 0. The first-order valence-electron chi connectivity index (χ1n) is 12.8. The molecule has 0 spiro atoms. The lowest BCUT2D eigenvalue weighted by atomic mass is 9.98. The van der Waals surface area contributed by atoms with Crippen molar-refractivity contribution in [2.45, 2.75) is 25.8 Å². The van der Waals surface area contributed by atoms with Crippen LogP contribution in [0.1, 0.15) is 36.9 Å². The molecule has 2 aliphatic heterocycles. The van der Waals surface area contributed by atoms with Crippen LogP contribution in [0.3, 0.4) is 0 Å². The Hall–Kier alpha value is -3.43. The molecule has 9 nitrogen and oxygen atoms in total. The third kappa shape index (κ3) is 6.67. The summed E-state index contributed by atoms with van der Waals surface area (Å²) >= 11 is 0. The van der Waals surface area contributed by atoms with Gasteiger partial charge in [0.2, 0.25) is 5.91 Å². The highest BCUT2D eigenvalue weighted by Crippen LogP contribution is 2.34. The third-order valence-electron chi connectivity index (χ3n) is 6.86. The van der Waals surface area contributed by atoms with Crippen molar-refractivity contribution in [3.05, 3.63) is 59.7 Å². The van der Waals surface area contributed by atoms with E-state index in [2.05, 4.69) is 4.90 Å². The second kappa shape index (κ2) is 12.7. The van der Waals surface area contributed by atoms with Gasteiger partial charge >= 0.3 is 0 Å². The Balaban J connectivity index is 1.54. The van der Waals surface area contributed by atoms with Gasteiger partial charge in [0.05, 0.1) is 39.2 Å². The van der Waals surface area contributed by atoms with E-state index < -0.39 is 0 Å². The number of nitrogens with zero attached hydrogens (tertiary/aromatic N) is 4. The predicted octanol–water partition coefficient (Wildman–Crippen LogP) is 2.95. The Morgan fingerprint density at radius 3 is 2.22 bits per heavy atom. The van der Waals surface area contributed by atoms with Crippen molar-refractivity contribution in [1.29, 1.82) is 0 Å². The molecule has 37 heavy (non-hydrogen) atoms. The monoisotopic (exact) mass is 508 g/mol. The summed E-state index contributed by atoms with van der Waals surface area (Å²) in [7, 11) is 3.26. The number of hydrazone groups is 1. The van der Waals surface area contributed by atoms with Gasteiger partial charge in [-0.2, -0.15) is 5.10 Å². The Labute approximate surface area is 218 Å². The van der Waals surface area contributed by atoms with Gasteiger partial charge in [-0.25, -0.2) is 5.01 Å². The van der Waals surface area contributed by atoms with Gasteiger partial charge in [0.15, 0.2) is 0 Å². The van der Waals surface area contributed by atoms with Crippen molar-refractivity contribution in [1.82, 2.24) is 14.8 Å². The molecule has 1 saturated heterocycles. The number of morpholine rings is 1. The van der Waals surface area contributed by atoms with Gasteiger partial charge in [-0.1, -0.05) is 19.1 Å². The summed E-state index contributed by atoms with van der Waals surface area (Å²) in [6.45, 7) is 6.08. The predicted molar refractivity (Wildman–Crippen MR) is 141 cm³/mol. The molecule has 1 atom stereocenters. The summed E-state index contributed by atoms with van der Waals surface area (Å²) in [4.78, 5) is 30.3. The second-order valence-electron chi connectivity index (χ2n) is 9.13. The van der Waals surface area contributed by atoms with Crippen LogP contribution in [0.4, 0.5) is 0 Å². The maximum atomic E-state index is 13.7. The molecule has 2 heterocycles. The van der Waals surface area contributed by atoms with Crippen LogP contribution in [0.2, 0.25) is 0 Å². The van der Waals surface area contributed by atoms with Gasteiger partial charge in [0.25, 0.3) is 5.91 Å². The van der Waals surface area contributed by atoms with E-state index in [1.54, 1.807) is 24.1 Å². The topological polar surface area (TPSA) is 83.9 Å². The molecule has 9 heteroatoms. The molecule has 4 rings (SSSR count). The molecule has 0 aromatic heterocycles. The fraction of sp³-hybridized carbons (Fsp3) is 0.464. The summed E-state index contributed by atoms with van der Waals surface area (Å²) in [5, 5.41) is 6.31. The fourth-order valence-corrected chi connectivity index (χ4v) is 4.62. The van der Waals surface area contributed by atoms with E-state index in [0.717, 1.165) is 41.4 Å². The molecular weight excluding hydrogens is 472 g/mol. The minimum absolute atomic E-state index is 0.0109. The molecular formula is C28H36N4O5. The van der Waals surface area contributed by atoms with E-state index in [1.165, 1.54) is 0 Å². The lowest BCUT2D eigenvalue weighted by molar-refractivity contribution is -0.141. The van der Waals surface area contributed by atoms with Crippen molar-refractivity contribution in [3.63, 3.8) is 0 Å². The van der Waals surface area contributed by atoms with Crippen LogP contribution in [0.25, 0.3) is 0 Å². The number of carbonyl (C=O) groups excluding carboxylic acids is 2. The Morgan fingerprint density at radius 1 is 1.00 bits per heavy atom. The first-order valence-corrected chi connectivity index (χ1v) is 12.8. The standard InChI is InChI=1S/C28H36N4O5/c1-4-27(33)31(14-13-30-15-17-37-18-16-30)20-28(34)32-26(22-7-11-24(36-3)12-8-22)19-25(29-32)21-5-9-23(35-2)10-6-21/h5-12,26H,4,13-20H2,1-3H3. The van der Waals surface area contributed by atoms with Crippen molar-refractivity contribution < 1.29 is 23.8 Å². The van der Waals surface area contributed by atoms with Crippen LogP contribution in [-0.2, 0) is 14.3 Å². The second-order valence-corrected chi connectivity index (χ2v) is 9.13. The van der Waals surface area contributed by atoms with Crippen LogP contribution in [-0.4, -0.2) is 92.5 Å². The quantitative estimate of drug-likeness (QED) is 0.491. The molecule has 198 valence electrons. The molecule has 0 aliphatic carbocycles. The maximum Gasteiger partial charge on any atom is 0.262 e. The Kier molecular flexibility index (Phi) is 9.14. The van der Waals surface area contributed by atoms with Gasteiger partial charge < -0.3 is 19.1 Å². The highest BCUT2D eigenvalue weighted by molar-refractivity contribution is 6.03. The molecule has 2 aromatic carbocycles. The molecule has 1 unspecified atom stereocenters. The normalized spacial score (nSPS) is 17.9. The SMILES string of the molecule is CCC(=O)N(CCN1CCOCC1)CC(=O)N1N=C(c2ccc(OC)cc2)CC1c1ccc(OC)cc1. The molecule has 2 aromatic rings. The zero-order valence-corrected chi connectivity index (χ0v) is 21.9. The Morgan fingerprint density at radius 2 is 1.62 bits per heavy atom. The van der Waals surface area contributed by atoms with E-state index in [9.17, 15) is 9.59 Å². The van der Waals surface area contributed by atoms with Gasteiger partial charge in [-0.15, -0.1) is 0 Å². The van der Waals surface area contributed by atoms with Crippen LogP contribution in [0.15, 0.2) is 53.6 Å². The average Bonchev–Trinajstić information content (AvgIpc) is 3.41. The minimum Gasteiger partial charge on any atom is -0.497 e. The maximum absolute atomic E-state index is 13.7. The first kappa shape index (κ1) is 26.6. The lowest BCUT2D eigenvalue weighted by Crippen LogP contribution is -2.46. The molecule has 0 radical (unpaired) electrons. The summed E-state index contributed by atoms with van der Waals surface area (Å²) < 4.78 is 16.0. The van der Waals surface area contributed by atoms with Crippen molar-refractivity contribution in [2.24, 2.45) is 5.10 Å². The molecule has 0 N–H and O–H groups in total. The van der Waals surface area contributed by atoms with Crippen molar-refractivity contribution in [3.8, 4) is 11.5 Å². The minimum atomic E-state index is -0.270. The number of ether oxygens (including phenoxy) is 3. The van der Waals surface area contributed by atoms with Gasteiger partial charge in [0.1, 0.15) is 18.0 Å². The number of benzene rings is 2. The van der Waals surface area contributed by atoms with E-state index in [4.69, 9.17) is 19.3 Å². The lowest BCUT2D eigenvalue weighted by Gasteiger charge is -2.31. The largest absolute Gasteiger partial charge is 0.497 e. The summed E-state index contributed by atoms with van der Waals surface area (Å²) in [5.74, 6) is 1.27. The van der Waals surface area contributed by atoms with Gasteiger partial charge in [0, 0.05) is 39.0 Å². The molecule has 2 amide bonds. The molecule has 1 fully saturated rings. The number of methoxy groups -OCH3 is 2. The van der Waals surface area contributed by atoms with Gasteiger partial charge in [-0.05, 0) is 47.5 Å². The van der Waals surface area contributed by atoms with Crippen LogP contribution < -0.4 is 9.47 Å². The van der Waals surface area contributed by atoms with Crippen LogP contribution in [0.5, 0.6) is 11.5 Å². The van der Waals surface area contributed by atoms with Crippen molar-refractivity contribution in [2.75, 3.05) is 60.2 Å². The van der Waals surface area contributed by atoms with E-state index in [1.807, 2.05) is 55.5 Å². The third-order valence-corrected chi connectivity index (χ3v) is 6.86. The highest BCUT2D eigenvalue weighted by atomic mass is 16.5. The van der Waals surface area contributed by atoms with Crippen molar-refractivity contribution >= 4 is 17.5 Å². The smallest absolute Gasteiger partial charge is 0.262 e. The average molecular weight is 509 g/mol. The van der Waals surface area contributed by atoms with Crippen LogP contribution >= 0.6 is 0 Å². The zero-order chi connectivity index (χ0) is 26.2. The number of rotatable bonds is 10. The number of hydrogen-bond acceptors (Lipinski definition) is 7. The van der Waals surface area contributed by atoms with Crippen LogP contribution in [0, 0.1) is 0 Å². The zero-order valence-electron chi connectivity index (χ0n) is 21.9. The summed E-state index contributed by atoms with van der Waals surface area (Å²) in [6, 6.07) is 15.1.